The Labute approximate surface area is 103 Å². The van der Waals surface area contributed by atoms with Crippen LogP contribution in [0.2, 0.25) is 0 Å². The van der Waals surface area contributed by atoms with Crippen LogP contribution >= 0.6 is 0 Å². The molecule has 1 heterocycles. The Morgan fingerprint density at radius 1 is 1.11 bits per heavy atom. The predicted octanol–water partition coefficient (Wildman–Crippen LogP) is 2.23. The van der Waals surface area contributed by atoms with Crippen LogP contribution < -0.4 is 0 Å². The molecule has 0 aliphatic rings. The van der Waals surface area contributed by atoms with Crippen LogP contribution in [0.5, 0.6) is 0 Å². The van der Waals surface area contributed by atoms with E-state index in [4.69, 9.17) is 5.21 Å². The quantitative estimate of drug-likeness (QED) is 0.423. The van der Waals surface area contributed by atoms with Gasteiger partial charge in [-0.25, -0.2) is 9.67 Å². The van der Waals surface area contributed by atoms with Crippen LogP contribution in [-0.4, -0.2) is 26.2 Å². The van der Waals surface area contributed by atoms with E-state index in [9.17, 15) is 0 Å². The molecule has 0 fully saturated rings. The molecule has 1 aromatic heterocycles. The molecular formula is C13H10N4O. The lowest BCUT2D eigenvalue weighted by Gasteiger charge is -2.08. The molecule has 5 heteroatoms. The minimum Gasteiger partial charge on any atom is -0.411 e. The zero-order chi connectivity index (χ0) is 12.4. The van der Waals surface area contributed by atoms with Crippen molar-refractivity contribution in [3.63, 3.8) is 0 Å². The van der Waals surface area contributed by atoms with Gasteiger partial charge in [0.1, 0.15) is 12.7 Å². The van der Waals surface area contributed by atoms with Gasteiger partial charge in [-0.1, -0.05) is 35.5 Å². The van der Waals surface area contributed by atoms with Crippen LogP contribution in [0.25, 0.3) is 16.5 Å². The van der Waals surface area contributed by atoms with E-state index in [1.54, 1.807) is 11.0 Å². The summed E-state index contributed by atoms with van der Waals surface area (Å²) in [7, 11) is 0. The summed E-state index contributed by atoms with van der Waals surface area (Å²) in [6.07, 6.45) is 4.58. The van der Waals surface area contributed by atoms with Gasteiger partial charge in [0.25, 0.3) is 0 Å². The standard InChI is InChI=1S/C13H10N4O/c18-16-7-10-5-6-13(17-9-14-8-15-17)12-4-2-1-3-11(10)12/h1-9,18H. The molecule has 88 valence electrons. The van der Waals surface area contributed by atoms with Gasteiger partial charge in [0.2, 0.25) is 0 Å². The topological polar surface area (TPSA) is 63.3 Å². The zero-order valence-corrected chi connectivity index (χ0v) is 9.43. The molecule has 1 N–H and O–H groups in total. The molecule has 0 saturated heterocycles. The molecule has 0 radical (unpaired) electrons. The lowest BCUT2D eigenvalue weighted by molar-refractivity contribution is 0.322. The van der Waals surface area contributed by atoms with Crippen molar-refractivity contribution < 1.29 is 5.21 Å². The van der Waals surface area contributed by atoms with Gasteiger partial charge in [-0.3, -0.25) is 0 Å². The number of aromatic nitrogens is 3. The fraction of sp³-hybridized carbons (Fsp3) is 0. The van der Waals surface area contributed by atoms with E-state index < -0.39 is 0 Å². The Morgan fingerprint density at radius 3 is 2.67 bits per heavy atom. The van der Waals surface area contributed by atoms with Crippen LogP contribution in [0.4, 0.5) is 0 Å². The normalized spacial score (nSPS) is 11.3. The van der Waals surface area contributed by atoms with E-state index in [1.807, 2.05) is 36.4 Å². The van der Waals surface area contributed by atoms with Crippen LogP contribution in [0.3, 0.4) is 0 Å². The summed E-state index contributed by atoms with van der Waals surface area (Å²) in [5, 5.41) is 17.9. The van der Waals surface area contributed by atoms with Crippen molar-refractivity contribution in [1.82, 2.24) is 14.8 Å². The van der Waals surface area contributed by atoms with E-state index in [-0.39, 0.29) is 0 Å². The predicted molar refractivity (Wildman–Crippen MR) is 68.2 cm³/mol. The van der Waals surface area contributed by atoms with Gasteiger partial charge in [0, 0.05) is 10.9 Å². The molecule has 0 aliphatic carbocycles. The third kappa shape index (κ3) is 1.62. The van der Waals surface area contributed by atoms with Crippen molar-refractivity contribution in [3.8, 4) is 5.69 Å². The summed E-state index contributed by atoms with van der Waals surface area (Å²) in [4.78, 5) is 3.95. The van der Waals surface area contributed by atoms with Crippen molar-refractivity contribution in [2.45, 2.75) is 0 Å². The molecule has 0 bridgehead atoms. The average molecular weight is 238 g/mol. The third-order valence-electron chi connectivity index (χ3n) is 2.80. The summed E-state index contributed by atoms with van der Waals surface area (Å²) in [6.45, 7) is 0. The second kappa shape index (κ2) is 4.29. The van der Waals surface area contributed by atoms with Crippen LogP contribution in [0, 0.1) is 0 Å². The minimum absolute atomic E-state index is 0.858. The number of oxime groups is 1. The minimum atomic E-state index is 0.858. The summed E-state index contributed by atoms with van der Waals surface area (Å²) >= 11 is 0. The fourth-order valence-corrected chi connectivity index (χ4v) is 2.01. The molecule has 3 rings (SSSR count). The van der Waals surface area contributed by atoms with Crippen LogP contribution in [-0.2, 0) is 0 Å². The van der Waals surface area contributed by atoms with E-state index in [1.165, 1.54) is 12.5 Å². The lowest BCUT2D eigenvalue weighted by Crippen LogP contribution is -1.97. The second-order valence-electron chi connectivity index (χ2n) is 3.80. The van der Waals surface area contributed by atoms with Crippen molar-refractivity contribution in [2.24, 2.45) is 5.16 Å². The van der Waals surface area contributed by atoms with Gasteiger partial charge in [0.15, 0.2) is 0 Å². The number of hydrogen-bond acceptors (Lipinski definition) is 4. The van der Waals surface area contributed by atoms with E-state index in [2.05, 4.69) is 15.2 Å². The Hall–Kier alpha value is -2.69. The zero-order valence-electron chi connectivity index (χ0n) is 9.43. The van der Waals surface area contributed by atoms with Crippen molar-refractivity contribution in [3.05, 3.63) is 54.6 Å². The first-order valence-corrected chi connectivity index (χ1v) is 5.44. The molecule has 2 aromatic carbocycles. The molecule has 18 heavy (non-hydrogen) atoms. The van der Waals surface area contributed by atoms with Gasteiger partial charge in [0.05, 0.1) is 11.9 Å². The van der Waals surface area contributed by atoms with E-state index >= 15 is 0 Å². The van der Waals surface area contributed by atoms with E-state index in [0.29, 0.717) is 0 Å². The van der Waals surface area contributed by atoms with Crippen LogP contribution in [0.1, 0.15) is 5.56 Å². The summed E-state index contributed by atoms with van der Waals surface area (Å²) in [5.74, 6) is 0. The van der Waals surface area contributed by atoms with E-state index in [0.717, 1.165) is 22.0 Å². The molecule has 0 atom stereocenters. The number of rotatable bonds is 2. The Bertz CT molecular complexity index is 704. The van der Waals surface area contributed by atoms with Crippen molar-refractivity contribution >= 4 is 17.0 Å². The molecule has 0 spiro atoms. The average Bonchev–Trinajstić information content (AvgIpc) is 2.93. The highest BCUT2D eigenvalue weighted by Gasteiger charge is 2.06. The molecule has 3 aromatic rings. The van der Waals surface area contributed by atoms with Crippen molar-refractivity contribution in [2.75, 3.05) is 0 Å². The van der Waals surface area contributed by atoms with Crippen LogP contribution in [0.15, 0.2) is 54.2 Å². The van der Waals surface area contributed by atoms with Gasteiger partial charge in [-0.05, 0) is 11.5 Å². The Morgan fingerprint density at radius 2 is 1.94 bits per heavy atom. The number of benzene rings is 2. The first-order chi connectivity index (χ1) is 8.90. The Balaban J connectivity index is 2.33. The molecule has 0 unspecified atom stereocenters. The molecular weight excluding hydrogens is 228 g/mol. The Kier molecular flexibility index (Phi) is 2.49. The highest BCUT2D eigenvalue weighted by atomic mass is 16.4. The lowest BCUT2D eigenvalue weighted by atomic mass is 10.0. The monoisotopic (exact) mass is 238 g/mol. The maximum atomic E-state index is 8.67. The number of fused-ring (bicyclic) bond motifs is 1. The summed E-state index contributed by atoms with van der Waals surface area (Å²) in [5.41, 5.74) is 1.80. The van der Waals surface area contributed by atoms with Crippen molar-refractivity contribution in [1.29, 1.82) is 0 Å². The molecule has 0 amide bonds. The largest absolute Gasteiger partial charge is 0.411 e. The summed E-state index contributed by atoms with van der Waals surface area (Å²) < 4.78 is 1.71. The maximum Gasteiger partial charge on any atom is 0.138 e. The number of nitrogens with zero attached hydrogens (tertiary/aromatic N) is 4. The third-order valence-corrected chi connectivity index (χ3v) is 2.80. The van der Waals surface area contributed by atoms with Gasteiger partial charge >= 0.3 is 0 Å². The number of hydrogen-bond donors (Lipinski definition) is 1. The highest BCUT2D eigenvalue weighted by Crippen LogP contribution is 2.24. The first-order valence-electron chi connectivity index (χ1n) is 5.44. The van der Waals surface area contributed by atoms with Gasteiger partial charge in [-0.15, -0.1) is 0 Å². The fourth-order valence-electron chi connectivity index (χ4n) is 2.01. The SMILES string of the molecule is ON=Cc1ccc(-n2cncn2)c2ccccc12. The molecule has 5 nitrogen and oxygen atoms in total. The molecule has 0 saturated carbocycles. The second-order valence-corrected chi connectivity index (χ2v) is 3.80. The van der Waals surface area contributed by atoms with Gasteiger partial charge in [-0.2, -0.15) is 5.10 Å². The first kappa shape index (κ1) is 10.5. The summed E-state index contributed by atoms with van der Waals surface area (Å²) in [6, 6.07) is 11.7. The van der Waals surface area contributed by atoms with Gasteiger partial charge < -0.3 is 5.21 Å². The maximum absolute atomic E-state index is 8.67. The smallest absolute Gasteiger partial charge is 0.138 e. The molecule has 0 aliphatic heterocycles. The highest BCUT2D eigenvalue weighted by molar-refractivity contribution is 6.02.